The van der Waals surface area contributed by atoms with Gasteiger partial charge < -0.3 is 5.41 Å². The molecule has 10 heavy (non-hydrogen) atoms. The van der Waals surface area contributed by atoms with E-state index in [1.165, 1.54) is 6.21 Å². The molecule has 0 aromatic rings. The first-order chi connectivity index (χ1) is 4.66. The van der Waals surface area contributed by atoms with Gasteiger partial charge in [-0.2, -0.15) is 0 Å². The molecule has 0 aromatic heterocycles. The lowest BCUT2D eigenvalue weighted by molar-refractivity contribution is 0.651. The Balaban J connectivity index is 3.64. The second kappa shape index (κ2) is 4.98. The Kier molecular flexibility index (Phi) is 4.55. The molecule has 0 atom stereocenters. The van der Waals surface area contributed by atoms with Gasteiger partial charge in [0.2, 0.25) is 0 Å². The Hall–Kier alpha value is -0.850. The summed E-state index contributed by atoms with van der Waals surface area (Å²) in [5.41, 5.74) is 1.10. The third-order valence-electron chi connectivity index (χ3n) is 1.10. The number of allylic oxidation sites excluding steroid dienone is 3. The first-order valence-corrected chi connectivity index (χ1v) is 3.51. The summed E-state index contributed by atoms with van der Waals surface area (Å²) in [6.45, 7) is 8.15. The Morgan fingerprint density at radius 3 is 2.60 bits per heavy atom. The third kappa shape index (κ3) is 5.29. The molecule has 0 aliphatic rings. The van der Waals surface area contributed by atoms with Crippen molar-refractivity contribution in [2.45, 2.75) is 20.3 Å². The summed E-state index contributed by atoms with van der Waals surface area (Å²) >= 11 is 0. The van der Waals surface area contributed by atoms with Crippen LogP contribution >= 0.6 is 0 Å². The van der Waals surface area contributed by atoms with Crippen LogP contribution in [-0.2, 0) is 0 Å². The van der Waals surface area contributed by atoms with E-state index in [1.54, 1.807) is 6.08 Å². The van der Waals surface area contributed by atoms with Crippen LogP contribution in [0, 0.1) is 11.3 Å². The fourth-order valence-electron chi connectivity index (χ4n) is 0.777. The van der Waals surface area contributed by atoms with Gasteiger partial charge >= 0.3 is 0 Å². The van der Waals surface area contributed by atoms with Crippen LogP contribution < -0.4 is 0 Å². The number of hydrogen-bond acceptors (Lipinski definition) is 1. The maximum Gasteiger partial charge on any atom is 0.0177 e. The molecule has 1 heteroatoms. The highest BCUT2D eigenvalue weighted by atomic mass is 14.3. The summed E-state index contributed by atoms with van der Waals surface area (Å²) in [6.07, 6.45) is 5.87. The molecule has 1 N–H and O–H groups in total. The minimum Gasteiger partial charge on any atom is -0.309 e. The highest BCUT2D eigenvalue weighted by Gasteiger charge is 1.93. The van der Waals surface area contributed by atoms with E-state index in [2.05, 4.69) is 20.4 Å². The van der Waals surface area contributed by atoms with Gasteiger partial charge in [-0.3, -0.25) is 0 Å². The van der Waals surface area contributed by atoms with Gasteiger partial charge in [0.05, 0.1) is 0 Å². The molecule has 0 bridgehead atoms. The number of rotatable bonds is 4. The van der Waals surface area contributed by atoms with Gasteiger partial charge in [0, 0.05) is 6.21 Å². The molecule has 0 radical (unpaired) electrons. The van der Waals surface area contributed by atoms with Crippen LogP contribution in [-0.4, -0.2) is 6.21 Å². The Morgan fingerprint density at radius 1 is 1.60 bits per heavy atom. The smallest absolute Gasteiger partial charge is 0.0177 e. The second-order valence-electron chi connectivity index (χ2n) is 2.78. The first-order valence-electron chi connectivity index (χ1n) is 3.51. The highest BCUT2D eigenvalue weighted by molar-refractivity contribution is 5.68. The molecule has 0 heterocycles. The van der Waals surface area contributed by atoms with Crippen molar-refractivity contribution in [3.63, 3.8) is 0 Å². The van der Waals surface area contributed by atoms with Crippen LogP contribution in [0.3, 0.4) is 0 Å². The SMILES string of the molecule is C=C(C=CC=N)CC(C)C. The van der Waals surface area contributed by atoms with E-state index in [0.717, 1.165) is 12.0 Å². The summed E-state index contributed by atoms with van der Waals surface area (Å²) in [5, 5.41) is 6.73. The molecule has 0 saturated heterocycles. The van der Waals surface area contributed by atoms with E-state index >= 15 is 0 Å². The van der Waals surface area contributed by atoms with Crippen molar-refractivity contribution in [1.29, 1.82) is 5.41 Å². The topological polar surface area (TPSA) is 23.9 Å². The molecule has 56 valence electrons. The molecule has 0 amide bonds. The minimum absolute atomic E-state index is 0.655. The van der Waals surface area contributed by atoms with E-state index in [0.29, 0.717) is 5.92 Å². The van der Waals surface area contributed by atoms with Crippen molar-refractivity contribution in [2.24, 2.45) is 5.92 Å². The van der Waals surface area contributed by atoms with Gasteiger partial charge in [0.1, 0.15) is 0 Å². The van der Waals surface area contributed by atoms with Crippen molar-refractivity contribution < 1.29 is 0 Å². The number of nitrogens with one attached hydrogen (secondary N) is 1. The van der Waals surface area contributed by atoms with Crippen molar-refractivity contribution in [3.8, 4) is 0 Å². The maximum absolute atomic E-state index is 6.73. The van der Waals surface area contributed by atoms with Crippen LogP contribution in [0.15, 0.2) is 24.3 Å². The Morgan fingerprint density at radius 2 is 2.20 bits per heavy atom. The standard InChI is InChI=1S/C9H15N/c1-8(2)7-9(3)5-4-6-10/h4-6,8,10H,3,7H2,1-2H3. The maximum atomic E-state index is 6.73. The molecule has 0 saturated carbocycles. The summed E-state index contributed by atoms with van der Waals surface area (Å²) < 4.78 is 0. The Labute approximate surface area is 63.0 Å². The van der Waals surface area contributed by atoms with Crippen LogP contribution in [0.1, 0.15) is 20.3 Å². The van der Waals surface area contributed by atoms with Gasteiger partial charge in [-0.15, -0.1) is 0 Å². The summed E-state index contributed by atoms with van der Waals surface area (Å²) in [7, 11) is 0. The molecular formula is C9H15N. The lowest BCUT2D eigenvalue weighted by atomic mass is 10.0. The van der Waals surface area contributed by atoms with Crippen molar-refractivity contribution in [1.82, 2.24) is 0 Å². The summed E-state index contributed by atoms with van der Waals surface area (Å²) in [5.74, 6) is 0.655. The van der Waals surface area contributed by atoms with Crippen molar-refractivity contribution >= 4 is 6.21 Å². The molecular weight excluding hydrogens is 122 g/mol. The van der Waals surface area contributed by atoms with E-state index in [-0.39, 0.29) is 0 Å². The lowest BCUT2D eigenvalue weighted by Crippen LogP contribution is -1.86. The molecule has 0 unspecified atom stereocenters. The Bertz CT molecular complexity index is 143. The zero-order chi connectivity index (χ0) is 7.98. The first kappa shape index (κ1) is 9.15. The number of hydrogen-bond donors (Lipinski definition) is 1. The van der Waals surface area contributed by atoms with Gasteiger partial charge in [-0.1, -0.05) is 32.1 Å². The molecule has 1 nitrogen and oxygen atoms in total. The van der Waals surface area contributed by atoms with Crippen LogP contribution in [0.4, 0.5) is 0 Å². The van der Waals surface area contributed by atoms with Crippen LogP contribution in [0.25, 0.3) is 0 Å². The van der Waals surface area contributed by atoms with Gasteiger partial charge in [0.25, 0.3) is 0 Å². The van der Waals surface area contributed by atoms with Gasteiger partial charge in [0.15, 0.2) is 0 Å². The molecule has 0 aromatic carbocycles. The van der Waals surface area contributed by atoms with Gasteiger partial charge in [-0.05, 0) is 18.4 Å². The molecule has 0 fully saturated rings. The molecule has 0 aliphatic heterocycles. The molecule has 0 aliphatic carbocycles. The summed E-state index contributed by atoms with van der Waals surface area (Å²) in [6, 6.07) is 0. The average Bonchev–Trinajstić information content (AvgIpc) is 1.82. The third-order valence-corrected chi connectivity index (χ3v) is 1.10. The monoisotopic (exact) mass is 137 g/mol. The van der Waals surface area contributed by atoms with Crippen LogP contribution in [0.2, 0.25) is 0 Å². The second-order valence-corrected chi connectivity index (χ2v) is 2.78. The predicted octanol–water partition coefficient (Wildman–Crippen LogP) is 2.79. The fraction of sp³-hybridized carbons (Fsp3) is 0.444. The summed E-state index contributed by atoms with van der Waals surface area (Å²) in [4.78, 5) is 0. The molecule has 0 spiro atoms. The van der Waals surface area contributed by atoms with Gasteiger partial charge in [-0.25, -0.2) is 0 Å². The largest absolute Gasteiger partial charge is 0.309 e. The quantitative estimate of drug-likeness (QED) is 0.455. The van der Waals surface area contributed by atoms with Crippen LogP contribution in [0.5, 0.6) is 0 Å². The average molecular weight is 137 g/mol. The minimum atomic E-state index is 0.655. The van der Waals surface area contributed by atoms with E-state index in [4.69, 9.17) is 5.41 Å². The highest BCUT2D eigenvalue weighted by Crippen LogP contribution is 2.08. The van der Waals surface area contributed by atoms with E-state index < -0.39 is 0 Å². The molecule has 0 rings (SSSR count). The van der Waals surface area contributed by atoms with Crippen molar-refractivity contribution in [3.05, 3.63) is 24.3 Å². The van der Waals surface area contributed by atoms with E-state index in [9.17, 15) is 0 Å². The fourth-order valence-corrected chi connectivity index (χ4v) is 0.777. The van der Waals surface area contributed by atoms with Crippen molar-refractivity contribution in [2.75, 3.05) is 0 Å². The van der Waals surface area contributed by atoms with E-state index in [1.807, 2.05) is 6.08 Å². The zero-order valence-electron chi connectivity index (χ0n) is 6.72. The zero-order valence-corrected chi connectivity index (χ0v) is 6.72. The predicted molar refractivity (Wildman–Crippen MR) is 46.5 cm³/mol. The normalized spacial score (nSPS) is 10.7. The lowest BCUT2D eigenvalue weighted by Gasteiger charge is -2.01.